The molecule has 0 aliphatic carbocycles. The number of aromatic nitrogens is 3. The first-order valence-electron chi connectivity index (χ1n) is 10.7. The molecule has 4 aromatic rings. The van der Waals surface area contributed by atoms with Gasteiger partial charge in [0, 0.05) is 30.7 Å². The summed E-state index contributed by atoms with van der Waals surface area (Å²) < 4.78 is 7.34. The SMILES string of the molecule is O=C1OC(CC(=O)N(Cc2cccnc2)Cc2ccnn2-c2ccccc2)c2ccccc21. The number of cyclic esters (lactones) is 1. The van der Waals surface area contributed by atoms with Crippen molar-refractivity contribution >= 4 is 11.9 Å². The maximum Gasteiger partial charge on any atom is 0.339 e. The van der Waals surface area contributed by atoms with Crippen LogP contribution in [0.2, 0.25) is 0 Å². The molecule has 0 saturated carbocycles. The van der Waals surface area contributed by atoms with Crippen LogP contribution in [0.3, 0.4) is 0 Å². The second kappa shape index (κ2) is 9.08. The molecule has 1 atom stereocenters. The molecular weight excluding hydrogens is 416 g/mol. The van der Waals surface area contributed by atoms with Crippen LogP contribution in [0.4, 0.5) is 0 Å². The van der Waals surface area contributed by atoms with Crippen molar-refractivity contribution in [2.45, 2.75) is 25.6 Å². The van der Waals surface area contributed by atoms with Gasteiger partial charge >= 0.3 is 5.97 Å². The highest BCUT2D eigenvalue weighted by molar-refractivity contribution is 5.94. The standard InChI is InChI=1S/C26H22N4O3/c31-25(15-24-22-10-4-5-11-23(22)26(32)33-24)29(17-19-7-6-13-27-16-19)18-21-12-14-28-30(21)20-8-2-1-3-9-20/h1-14,16,24H,15,17-18H2. The Morgan fingerprint density at radius 2 is 1.76 bits per heavy atom. The van der Waals surface area contributed by atoms with Crippen molar-refractivity contribution in [2.75, 3.05) is 0 Å². The third-order valence-electron chi connectivity index (χ3n) is 5.66. The Morgan fingerprint density at radius 1 is 0.939 bits per heavy atom. The van der Waals surface area contributed by atoms with Crippen LogP contribution >= 0.6 is 0 Å². The molecule has 164 valence electrons. The van der Waals surface area contributed by atoms with Gasteiger partial charge in [-0.25, -0.2) is 9.48 Å². The lowest BCUT2D eigenvalue weighted by molar-refractivity contribution is -0.134. The Bertz CT molecular complexity index is 1270. The third-order valence-corrected chi connectivity index (χ3v) is 5.66. The minimum atomic E-state index is -0.586. The average molecular weight is 438 g/mol. The zero-order chi connectivity index (χ0) is 22.6. The highest BCUT2D eigenvalue weighted by Gasteiger charge is 2.33. The molecule has 0 N–H and O–H groups in total. The monoisotopic (exact) mass is 438 g/mol. The van der Waals surface area contributed by atoms with E-state index < -0.39 is 6.10 Å². The van der Waals surface area contributed by atoms with E-state index in [4.69, 9.17) is 4.74 Å². The van der Waals surface area contributed by atoms with E-state index in [9.17, 15) is 9.59 Å². The molecule has 7 heteroatoms. The maximum absolute atomic E-state index is 13.5. The molecule has 2 aromatic carbocycles. The van der Waals surface area contributed by atoms with Crippen LogP contribution < -0.4 is 0 Å². The van der Waals surface area contributed by atoms with Crippen molar-refractivity contribution < 1.29 is 14.3 Å². The van der Waals surface area contributed by atoms with Crippen LogP contribution in [0.1, 0.15) is 39.7 Å². The van der Waals surface area contributed by atoms with Crippen molar-refractivity contribution in [1.29, 1.82) is 0 Å². The molecular formula is C26H22N4O3. The Balaban J connectivity index is 1.41. The molecule has 1 amide bonds. The zero-order valence-electron chi connectivity index (χ0n) is 17.9. The molecule has 0 bridgehead atoms. The number of rotatable bonds is 7. The molecule has 33 heavy (non-hydrogen) atoms. The first-order valence-corrected chi connectivity index (χ1v) is 10.7. The van der Waals surface area contributed by atoms with Gasteiger partial charge in [-0.15, -0.1) is 0 Å². The molecule has 1 aliphatic rings. The van der Waals surface area contributed by atoms with Gasteiger partial charge < -0.3 is 9.64 Å². The molecule has 2 aromatic heterocycles. The number of benzene rings is 2. The number of nitrogens with zero attached hydrogens (tertiary/aromatic N) is 4. The third kappa shape index (κ3) is 4.39. The molecule has 1 aliphatic heterocycles. The van der Waals surface area contributed by atoms with Crippen molar-refractivity contribution in [1.82, 2.24) is 19.7 Å². The van der Waals surface area contributed by atoms with Crippen molar-refractivity contribution in [3.05, 3.63) is 114 Å². The van der Waals surface area contributed by atoms with E-state index >= 15 is 0 Å². The number of carbonyl (C=O) groups excluding carboxylic acids is 2. The average Bonchev–Trinajstić information content (AvgIpc) is 3.44. The lowest BCUT2D eigenvalue weighted by Crippen LogP contribution is -2.32. The summed E-state index contributed by atoms with van der Waals surface area (Å²) in [5.74, 6) is -0.501. The topological polar surface area (TPSA) is 77.3 Å². The Kier molecular flexibility index (Phi) is 5.68. The summed E-state index contributed by atoms with van der Waals surface area (Å²) in [6.45, 7) is 0.736. The fraction of sp³-hybridized carbons (Fsp3) is 0.154. The molecule has 1 unspecified atom stereocenters. The number of ether oxygens (including phenoxy) is 1. The Labute approximate surface area is 191 Å². The Hall–Kier alpha value is -4.26. The molecule has 3 heterocycles. The maximum atomic E-state index is 13.5. The molecule has 5 rings (SSSR count). The summed E-state index contributed by atoms with van der Waals surface area (Å²) in [6.07, 6.45) is 4.66. The fourth-order valence-electron chi connectivity index (χ4n) is 4.05. The summed E-state index contributed by atoms with van der Waals surface area (Å²) in [4.78, 5) is 31.6. The van der Waals surface area contributed by atoms with E-state index in [0.29, 0.717) is 18.7 Å². The van der Waals surface area contributed by atoms with E-state index in [2.05, 4.69) is 10.1 Å². The number of fused-ring (bicyclic) bond motifs is 1. The summed E-state index contributed by atoms with van der Waals surface area (Å²) in [6, 6.07) is 22.7. The first-order chi connectivity index (χ1) is 16.2. The van der Waals surface area contributed by atoms with E-state index in [1.807, 2.05) is 65.3 Å². The van der Waals surface area contributed by atoms with Gasteiger partial charge in [-0.1, -0.05) is 42.5 Å². The van der Waals surface area contributed by atoms with Crippen LogP contribution in [0.5, 0.6) is 0 Å². The van der Waals surface area contributed by atoms with Crippen LogP contribution in [-0.2, 0) is 22.6 Å². The van der Waals surface area contributed by atoms with Crippen LogP contribution in [-0.4, -0.2) is 31.5 Å². The zero-order valence-corrected chi connectivity index (χ0v) is 17.9. The van der Waals surface area contributed by atoms with E-state index in [1.54, 1.807) is 35.6 Å². The van der Waals surface area contributed by atoms with Crippen molar-refractivity contribution in [3.8, 4) is 5.69 Å². The van der Waals surface area contributed by atoms with Gasteiger partial charge in [0.1, 0.15) is 6.10 Å². The molecule has 0 radical (unpaired) electrons. The van der Waals surface area contributed by atoms with Gasteiger partial charge in [-0.05, 0) is 35.9 Å². The lowest BCUT2D eigenvalue weighted by Gasteiger charge is -2.24. The summed E-state index contributed by atoms with van der Waals surface area (Å²) >= 11 is 0. The highest BCUT2D eigenvalue weighted by Crippen LogP contribution is 2.33. The number of para-hydroxylation sites is 1. The second-order valence-corrected chi connectivity index (χ2v) is 7.87. The smallest absolute Gasteiger partial charge is 0.339 e. The summed E-state index contributed by atoms with van der Waals surface area (Å²) in [5, 5.41) is 4.45. The highest BCUT2D eigenvalue weighted by atomic mass is 16.5. The van der Waals surface area contributed by atoms with Gasteiger partial charge in [-0.2, -0.15) is 5.10 Å². The normalized spacial score (nSPS) is 14.5. The molecule has 0 saturated heterocycles. The lowest BCUT2D eigenvalue weighted by atomic mass is 10.0. The number of pyridine rings is 1. The van der Waals surface area contributed by atoms with Gasteiger partial charge in [0.2, 0.25) is 5.91 Å². The number of hydrogen-bond acceptors (Lipinski definition) is 5. The van der Waals surface area contributed by atoms with Crippen molar-refractivity contribution in [3.63, 3.8) is 0 Å². The number of carbonyl (C=O) groups is 2. The van der Waals surface area contributed by atoms with Gasteiger partial charge in [0.05, 0.1) is 29.9 Å². The quantitative estimate of drug-likeness (QED) is 0.406. The second-order valence-electron chi connectivity index (χ2n) is 7.87. The van der Waals surface area contributed by atoms with E-state index in [0.717, 1.165) is 22.5 Å². The first kappa shape index (κ1) is 20.6. The minimum Gasteiger partial charge on any atom is -0.453 e. The largest absolute Gasteiger partial charge is 0.453 e. The predicted octanol–water partition coefficient (Wildman–Crippen LogP) is 4.10. The minimum absolute atomic E-state index is 0.0719. The Morgan fingerprint density at radius 3 is 2.58 bits per heavy atom. The van der Waals surface area contributed by atoms with Crippen LogP contribution in [0.25, 0.3) is 5.69 Å². The van der Waals surface area contributed by atoms with Gasteiger partial charge in [0.15, 0.2) is 0 Å². The molecule has 7 nitrogen and oxygen atoms in total. The molecule has 0 fully saturated rings. The summed E-state index contributed by atoms with van der Waals surface area (Å²) in [5.41, 5.74) is 4.00. The van der Waals surface area contributed by atoms with Crippen molar-refractivity contribution in [2.24, 2.45) is 0 Å². The van der Waals surface area contributed by atoms with Crippen LogP contribution in [0.15, 0.2) is 91.4 Å². The summed E-state index contributed by atoms with van der Waals surface area (Å²) in [7, 11) is 0. The molecule has 0 spiro atoms. The fourth-order valence-corrected chi connectivity index (χ4v) is 4.05. The van der Waals surface area contributed by atoms with Gasteiger partial charge in [-0.3, -0.25) is 9.78 Å². The number of hydrogen-bond donors (Lipinski definition) is 0. The van der Waals surface area contributed by atoms with Gasteiger partial charge in [0.25, 0.3) is 0 Å². The number of amides is 1. The van der Waals surface area contributed by atoms with E-state index in [-0.39, 0.29) is 18.3 Å². The van der Waals surface area contributed by atoms with E-state index in [1.165, 1.54) is 0 Å². The predicted molar refractivity (Wildman–Crippen MR) is 121 cm³/mol. The van der Waals surface area contributed by atoms with Crippen LogP contribution in [0, 0.1) is 0 Å². The number of esters is 1.